The predicted octanol–water partition coefficient (Wildman–Crippen LogP) is 0.831. The SMILES string of the molecule is CC(=O)c1cccc(N)c1.CC(O)CO. The second kappa shape index (κ2) is 6.98. The standard InChI is InChI=1S/C8H9NO.C3H8O2/c1-6(10)7-3-2-4-8(9)5-7;1-3(5)2-4/h2-5H,9H2,1H3;3-5H,2H2,1H3. The van der Waals surface area contributed by atoms with E-state index in [4.69, 9.17) is 15.9 Å². The molecule has 0 amide bonds. The first-order valence-corrected chi connectivity index (χ1v) is 4.62. The highest BCUT2D eigenvalue weighted by Gasteiger charge is 1.96. The lowest BCUT2D eigenvalue weighted by molar-refractivity contribution is 0.101. The summed E-state index contributed by atoms with van der Waals surface area (Å²) in [7, 11) is 0. The number of hydrogen-bond donors (Lipinski definition) is 3. The summed E-state index contributed by atoms with van der Waals surface area (Å²) in [5.41, 5.74) is 6.74. The summed E-state index contributed by atoms with van der Waals surface area (Å²) in [5, 5.41) is 16.0. The van der Waals surface area contributed by atoms with E-state index in [0.717, 1.165) is 0 Å². The normalized spacial score (nSPS) is 11.2. The van der Waals surface area contributed by atoms with Gasteiger partial charge >= 0.3 is 0 Å². The fraction of sp³-hybridized carbons (Fsp3) is 0.364. The van der Waals surface area contributed by atoms with Crippen LogP contribution in [-0.2, 0) is 0 Å². The zero-order valence-electron chi connectivity index (χ0n) is 8.97. The van der Waals surface area contributed by atoms with Gasteiger partial charge in [0.25, 0.3) is 0 Å². The number of aliphatic hydroxyl groups excluding tert-OH is 2. The van der Waals surface area contributed by atoms with Gasteiger partial charge in [0.2, 0.25) is 0 Å². The molecule has 1 unspecified atom stereocenters. The molecule has 0 aliphatic heterocycles. The quantitative estimate of drug-likeness (QED) is 0.500. The summed E-state index contributed by atoms with van der Waals surface area (Å²) in [6, 6.07) is 6.94. The second-order valence-electron chi connectivity index (χ2n) is 3.21. The number of carbonyl (C=O) groups is 1. The fourth-order valence-electron chi connectivity index (χ4n) is 0.758. The summed E-state index contributed by atoms with van der Waals surface area (Å²) in [4.78, 5) is 10.7. The van der Waals surface area contributed by atoms with Gasteiger partial charge in [0.15, 0.2) is 5.78 Å². The fourth-order valence-corrected chi connectivity index (χ4v) is 0.758. The number of Topliss-reactive ketones (excluding diaryl/α,β-unsaturated/α-hetero) is 1. The zero-order chi connectivity index (χ0) is 11.8. The van der Waals surface area contributed by atoms with E-state index in [2.05, 4.69) is 0 Å². The highest BCUT2D eigenvalue weighted by molar-refractivity contribution is 5.94. The minimum Gasteiger partial charge on any atom is -0.399 e. The lowest BCUT2D eigenvalue weighted by atomic mass is 10.1. The van der Waals surface area contributed by atoms with Crippen molar-refractivity contribution in [2.75, 3.05) is 12.3 Å². The summed E-state index contributed by atoms with van der Waals surface area (Å²) in [6.45, 7) is 2.91. The molecular formula is C11H17NO3. The van der Waals surface area contributed by atoms with E-state index in [9.17, 15) is 4.79 Å². The van der Waals surface area contributed by atoms with Crippen molar-refractivity contribution in [1.29, 1.82) is 0 Å². The van der Waals surface area contributed by atoms with Crippen LogP contribution in [0, 0.1) is 0 Å². The van der Waals surface area contributed by atoms with Crippen LogP contribution in [-0.4, -0.2) is 28.7 Å². The molecule has 1 aromatic carbocycles. The topological polar surface area (TPSA) is 83.6 Å². The maximum Gasteiger partial charge on any atom is 0.159 e. The number of benzene rings is 1. The Morgan fingerprint density at radius 2 is 2.07 bits per heavy atom. The van der Waals surface area contributed by atoms with E-state index in [1.807, 2.05) is 0 Å². The minimum absolute atomic E-state index is 0.0484. The third kappa shape index (κ3) is 6.65. The van der Waals surface area contributed by atoms with E-state index in [1.165, 1.54) is 13.8 Å². The highest BCUT2D eigenvalue weighted by atomic mass is 16.3. The smallest absolute Gasteiger partial charge is 0.159 e. The molecule has 1 rings (SSSR count). The molecule has 84 valence electrons. The summed E-state index contributed by atoms with van der Waals surface area (Å²) >= 11 is 0. The molecule has 0 saturated heterocycles. The Bertz CT molecular complexity index is 310. The Balaban J connectivity index is 0.000000336. The Hall–Kier alpha value is -1.39. The second-order valence-corrected chi connectivity index (χ2v) is 3.21. The van der Waals surface area contributed by atoms with Gasteiger partial charge < -0.3 is 15.9 Å². The average molecular weight is 211 g/mol. The van der Waals surface area contributed by atoms with Crippen LogP contribution in [0.4, 0.5) is 5.69 Å². The Morgan fingerprint density at radius 3 is 2.33 bits per heavy atom. The van der Waals surface area contributed by atoms with Crippen molar-refractivity contribution in [3.63, 3.8) is 0 Å². The van der Waals surface area contributed by atoms with Gasteiger partial charge in [-0.1, -0.05) is 12.1 Å². The predicted molar refractivity (Wildman–Crippen MR) is 59.6 cm³/mol. The zero-order valence-corrected chi connectivity index (χ0v) is 8.97. The lowest BCUT2D eigenvalue weighted by Gasteiger charge is -1.94. The molecule has 0 bridgehead atoms. The first kappa shape index (κ1) is 13.6. The van der Waals surface area contributed by atoms with Gasteiger partial charge in [0, 0.05) is 11.3 Å². The molecular weight excluding hydrogens is 194 g/mol. The van der Waals surface area contributed by atoms with Gasteiger partial charge in [-0.2, -0.15) is 0 Å². The molecule has 1 aromatic rings. The molecule has 0 spiro atoms. The Labute approximate surface area is 89.4 Å². The van der Waals surface area contributed by atoms with Crippen LogP contribution in [0.5, 0.6) is 0 Å². The number of ketones is 1. The molecule has 0 heterocycles. The van der Waals surface area contributed by atoms with Gasteiger partial charge in [-0.15, -0.1) is 0 Å². The number of anilines is 1. The molecule has 15 heavy (non-hydrogen) atoms. The van der Waals surface area contributed by atoms with Gasteiger partial charge in [-0.3, -0.25) is 4.79 Å². The molecule has 0 fully saturated rings. The van der Waals surface area contributed by atoms with Crippen molar-refractivity contribution in [2.24, 2.45) is 0 Å². The van der Waals surface area contributed by atoms with Crippen molar-refractivity contribution >= 4 is 11.5 Å². The van der Waals surface area contributed by atoms with Crippen LogP contribution in [0.1, 0.15) is 24.2 Å². The summed E-state index contributed by atoms with van der Waals surface area (Å²) in [5.74, 6) is 0.0484. The highest BCUT2D eigenvalue weighted by Crippen LogP contribution is 2.06. The van der Waals surface area contributed by atoms with Crippen LogP contribution in [0.25, 0.3) is 0 Å². The Kier molecular flexibility index (Phi) is 6.33. The van der Waals surface area contributed by atoms with Gasteiger partial charge in [0.05, 0.1) is 12.7 Å². The van der Waals surface area contributed by atoms with Crippen molar-refractivity contribution in [2.45, 2.75) is 20.0 Å². The first-order valence-electron chi connectivity index (χ1n) is 4.62. The monoisotopic (exact) mass is 211 g/mol. The molecule has 0 aliphatic rings. The van der Waals surface area contributed by atoms with Gasteiger partial charge in [-0.25, -0.2) is 0 Å². The summed E-state index contributed by atoms with van der Waals surface area (Å²) < 4.78 is 0. The van der Waals surface area contributed by atoms with E-state index in [0.29, 0.717) is 11.3 Å². The third-order valence-electron chi connectivity index (χ3n) is 1.56. The maximum absolute atomic E-state index is 10.7. The van der Waals surface area contributed by atoms with Crippen molar-refractivity contribution in [3.8, 4) is 0 Å². The van der Waals surface area contributed by atoms with Crippen molar-refractivity contribution in [3.05, 3.63) is 29.8 Å². The number of nitrogens with two attached hydrogens (primary N) is 1. The molecule has 4 heteroatoms. The number of aliphatic hydroxyl groups is 2. The van der Waals surface area contributed by atoms with Crippen molar-refractivity contribution < 1.29 is 15.0 Å². The Morgan fingerprint density at radius 1 is 1.53 bits per heavy atom. The van der Waals surface area contributed by atoms with E-state index < -0.39 is 6.10 Å². The van der Waals surface area contributed by atoms with Crippen LogP contribution in [0.2, 0.25) is 0 Å². The van der Waals surface area contributed by atoms with Gasteiger partial charge in [-0.05, 0) is 26.0 Å². The molecule has 0 radical (unpaired) electrons. The van der Waals surface area contributed by atoms with Crippen LogP contribution >= 0.6 is 0 Å². The van der Waals surface area contributed by atoms with Crippen LogP contribution in [0.3, 0.4) is 0 Å². The number of hydrogen-bond acceptors (Lipinski definition) is 4. The molecule has 4 nitrogen and oxygen atoms in total. The van der Waals surface area contributed by atoms with E-state index >= 15 is 0 Å². The molecule has 0 saturated carbocycles. The summed E-state index contributed by atoms with van der Waals surface area (Å²) in [6.07, 6.45) is -0.560. The molecule has 0 aliphatic carbocycles. The maximum atomic E-state index is 10.7. The number of rotatable bonds is 2. The lowest BCUT2D eigenvalue weighted by Crippen LogP contribution is -2.03. The average Bonchev–Trinajstić information content (AvgIpc) is 2.18. The molecule has 4 N–H and O–H groups in total. The van der Waals surface area contributed by atoms with E-state index in [-0.39, 0.29) is 12.4 Å². The number of carbonyl (C=O) groups excluding carboxylic acids is 1. The van der Waals surface area contributed by atoms with Crippen LogP contribution < -0.4 is 5.73 Å². The molecule has 0 aromatic heterocycles. The van der Waals surface area contributed by atoms with E-state index in [1.54, 1.807) is 24.3 Å². The number of nitrogen functional groups attached to an aromatic ring is 1. The van der Waals surface area contributed by atoms with Gasteiger partial charge in [0.1, 0.15) is 0 Å². The van der Waals surface area contributed by atoms with Crippen LogP contribution in [0.15, 0.2) is 24.3 Å². The first-order chi connectivity index (χ1) is 6.97. The largest absolute Gasteiger partial charge is 0.399 e. The molecule has 1 atom stereocenters. The van der Waals surface area contributed by atoms with Crippen molar-refractivity contribution in [1.82, 2.24) is 0 Å². The minimum atomic E-state index is -0.560. The third-order valence-corrected chi connectivity index (χ3v) is 1.56.